The van der Waals surface area contributed by atoms with Gasteiger partial charge in [-0.3, -0.25) is 9.78 Å². The first-order valence-corrected chi connectivity index (χ1v) is 5.65. The van der Waals surface area contributed by atoms with E-state index in [1.54, 1.807) is 6.20 Å². The van der Waals surface area contributed by atoms with Gasteiger partial charge >= 0.3 is 0 Å². The van der Waals surface area contributed by atoms with Gasteiger partial charge in [-0.25, -0.2) is 0 Å². The van der Waals surface area contributed by atoms with Gasteiger partial charge in [0, 0.05) is 18.2 Å². The Morgan fingerprint density at radius 3 is 2.72 bits per heavy atom. The van der Waals surface area contributed by atoms with Crippen LogP contribution in [0, 0.1) is 12.8 Å². The third kappa shape index (κ3) is 4.12. The molecule has 0 aromatic carbocycles. The van der Waals surface area contributed by atoms with Crippen molar-refractivity contribution in [3.63, 3.8) is 0 Å². The molecule has 1 fully saturated rings. The van der Waals surface area contributed by atoms with E-state index in [0.29, 0.717) is 0 Å². The SMILES string of the molecule is Cc1ncccc1NC(=O)C1CCC(N)C1.Cl.Cl. The zero-order valence-electron chi connectivity index (χ0n) is 10.3. The number of aryl methyl sites for hydroxylation is 1. The number of amides is 1. The number of aromatic nitrogens is 1. The van der Waals surface area contributed by atoms with E-state index in [0.717, 1.165) is 30.6 Å². The van der Waals surface area contributed by atoms with Crippen LogP contribution in [0.25, 0.3) is 0 Å². The van der Waals surface area contributed by atoms with Crippen molar-refractivity contribution in [2.75, 3.05) is 5.32 Å². The molecule has 0 radical (unpaired) electrons. The lowest BCUT2D eigenvalue weighted by atomic mass is 10.1. The highest BCUT2D eigenvalue weighted by molar-refractivity contribution is 5.93. The maximum atomic E-state index is 11.9. The van der Waals surface area contributed by atoms with Gasteiger partial charge in [0.2, 0.25) is 5.91 Å². The summed E-state index contributed by atoms with van der Waals surface area (Å²) in [5.74, 6) is 0.138. The molecule has 1 aliphatic rings. The Balaban J connectivity index is 0.00000144. The number of anilines is 1. The summed E-state index contributed by atoms with van der Waals surface area (Å²) in [4.78, 5) is 16.1. The van der Waals surface area contributed by atoms with Crippen LogP contribution < -0.4 is 11.1 Å². The number of hydrogen-bond acceptors (Lipinski definition) is 3. The molecule has 0 aliphatic heterocycles. The molecular weight excluding hydrogens is 273 g/mol. The largest absolute Gasteiger partial charge is 0.328 e. The minimum atomic E-state index is 0. The van der Waals surface area contributed by atoms with Crippen LogP contribution >= 0.6 is 24.8 Å². The standard InChI is InChI=1S/C12H17N3O.2ClH/c1-8-11(3-2-6-14-8)15-12(16)9-4-5-10(13)7-9;;/h2-3,6,9-10H,4-5,7,13H2,1H3,(H,15,16);2*1H. The maximum Gasteiger partial charge on any atom is 0.227 e. The Hall–Kier alpha value is -0.840. The van der Waals surface area contributed by atoms with Crippen LogP contribution in [-0.2, 0) is 4.79 Å². The number of rotatable bonds is 2. The number of pyridine rings is 1. The first kappa shape index (κ1) is 17.2. The summed E-state index contributed by atoms with van der Waals surface area (Å²) >= 11 is 0. The van der Waals surface area contributed by atoms with E-state index < -0.39 is 0 Å². The number of nitrogens with two attached hydrogens (primary N) is 1. The number of halogens is 2. The van der Waals surface area contributed by atoms with Gasteiger partial charge in [-0.15, -0.1) is 24.8 Å². The smallest absolute Gasteiger partial charge is 0.227 e. The van der Waals surface area contributed by atoms with Crippen molar-refractivity contribution < 1.29 is 4.79 Å². The van der Waals surface area contributed by atoms with Crippen molar-refractivity contribution in [1.82, 2.24) is 4.98 Å². The van der Waals surface area contributed by atoms with Gasteiger partial charge in [-0.2, -0.15) is 0 Å². The second-order valence-corrected chi connectivity index (χ2v) is 4.40. The van der Waals surface area contributed by atoms with E-state index in [1.165, 1.54) is 0 Å². The molecule has 0 spiro atoms. The monoisotopic (exact) mass is 291 g/mol. The van der Waals surface area contributed by atoms with Crippen LogP contribution in [0.4, 0.5) is 5.69 Å². The average Bonchev–Trinajstić information content (AvgIpc) is 2.68. The van der Waals surface area contributed by atoms with Crippen LogP contribution in [0.15, 0.2) is 18.3 Å². The summed E-state index contributed by atoms with van der Waals surface area (Å²) in [5, 5.41) is 2.92. The number of carbonyl (C=O) groups is 1. The van der Waals surface area contributed by atoms with E-state index in [2.05, 4.69) is 10.3 Å². The third-order valence-electron chi connectivity index (χ3n) is 3.11. The van der Waals surface area contributed by atoms with Crippen LogP contribution in [0.5, 0.6) is 0 Å². The molecular formula is C12H19Cl2N3O. The summed E-state index contributed by atoms with van der Waals surface area (Å²) < 4.78 is 0. The van der Waals surface area contributed by atoms with Crippen molar-refractivity contribution in [1.29, 1.82) is 0 Å². The fraction of sp³-hybridized carbons (Fsp3) is 0.500. The Morgan fingerprint density at radius 2 is 2.17 bits per heavy atom. The minimum Gasteiger partial charge on any atom is -0.328 e. The molecule has 1 amide bonds. The minimum absolute atomic E-state index is 0. The molecule has 0 bridgehead atoms. The van der Waals surface area contributed by atoms with Crippen molar-refractivity contribution >= 4 is 36.4 Å². The van der Waals surface area contributed by atoms with Crippen LogP contribution in [0.1, 0.15) is 25.0 Å². The average molecular weight is 292 g/mol. The van der Waals surface area contributed by atoms with Crippen LogP contribution in [0.3, 0.4) is 0 Å². The quantitative estimate of drug-likeness (QED) is 0.879. The van der Waals surface area contributed by atoms with Crippen molar-refractivity contribution in [2.24, 2.45) is 11.7 Å². The predicted octanol–water partition coefficient (Wildman–Crippen LogP) is 2.30. The fourth-order valence-electron chi connectivity index (χ4n) is 2.11. The highest BCUT2D eigenvalue weighted by Gasteiger charge is 2.27. The molecule has 1 aromatic rings. The van der Waals surface area contributed by atoms with Gasteiger partial charge in [0.15, 0.2) is 0 Å². The van der Waals surface area contributed by atoms with Gasteiger partial charge in [0.25, 0.3) is 0 Å². The van der Waals surface area contributed by atoms with Crippen molar-refractivity contribution in [3.05, 3.63) is 24.0 Å². The second-order valence-electron chi connectivity index (χ2n) is 4.40. The molecule has 1 aliphatic carbocycles. The predicted molar refractivity (Wildman–Crippen MR) is 77.4 cm³/mol. The third-order valence-corrected chi connectivity index (χ3v) is 3.11. The Labute approximate surface area is 120 Å². The summed E-state index contributed by atoms with van der Waals surface area (Å²) in [7, 11) is 0. The van der Waals surface area contributed by atoms with Gasteiger partial charge in [-0.05, 0) is 38.3 Å². The molecule has 18 heavy (non-hydrogen) atoms. The fourth-order valence-corrected chi connectivity index (χ4v) is 2.11. The normalized spacial score (nSPS) is 21.7. The number of hydrogen-bond donors (Lipinski definition) is 2. The molecule has 3 N–H and O–H groups in total. The molecule has 1 heterocycles. The summed E-state index contributed by atoms with van der Waals surface area (Å²) in [6, 6.07) is 3.88. The zero-order valence-corrected chi connectivity index (χ0v) is 11.9. The lowest BCUT2D eigenvalue weighted by Crippen LogP contribution is -2.23. The first-order valence-electron chi connectivity index (χ1n) is 5.65. The van der Waals surface area contributed by atoms with E-state index in [1.807, 2.05) is 19.1 Å². The Morgan fingerprint density at radius 1 is 1.44 bits per heavy atom. The van der Waals surface area contributed by atoms with E-state index in [-0.39, 0.29) is 42.7 Å². The van der Waals surface area contributed by atoms with Gasteiger partial charge in [0.05, 0.1) is 11.4 Å². The molecule has 1 aromatic heterocycles. The number of nitrogens with zero attached hydrogens (tertiary/aromatic N) is 1. The molecule has 6 heteroatoms. The lowest BCUT2D eigenvalue weighted by Gasteiger charge is -2.11. The molecule has 2 rings (SSSR count). The van der Waals surface area contributed by atoms with Gasteiger partial charge < -0.3 is 11.1 Å². The molecule has 102 valence electrons. The first-order chi connectivity index (χ1) is 7.66. The molecule has 2 atom stereocenters. The lowest BCUT2D eigenvalue weighted by molar-refractivity contribution is -0.119. The van der Waals surface area contributed by atoms with E-state index >= 15 is 0 Å². The molecule has 1 saturated carbocycles. The maximum absolute atomic E-state index is 11.9. The van der Waals surface area contributed by atoms with E-state index in [4.69, 9.17) is 5.73 Å². The van der Waals surface area contributed by atoms with Gasteiger partial charge in [0.1, 0.15) is 0 Å². The number of nitrogens with one attached hydrogen (secondary N) is 1. The van der Waals surface area contributed by atoms with Crippen molar-refractivity contribution in [3.8, 4) is 0 Å². The Bertz CT molecular complexity index is 401. The summed E-state index contributed by atoms with van der Waals surface area (Å²) in [6.07, 6.45) is 4.36. The zero-order chi connectivity index (χ0) is 11.5. The van der Waals surface area contributed by atoms with Crippen LogP contribution in [-0.4, -0.2) is 16.9 Å². The number of carbonyl (C=O) groups excluding carboxylic acids is 1. The van der Waals surface area contributed by atoms with E-state index in [9.17, 15) is 4.79 Å². The molecule has 4 nitrogen and oxygen atoms in total. The Kier molecular flexibility index (Phi) is 7.21. The van der Waals surface area contributed by atoms with Crippen molar-refractivity contribution in [2.45, 2.75) is 32.2 Å². The van der Waals surface area contributed by atoms with Gasteiger partial charge in [-0.1, -0.05) is 0 Å². The van der Waals surface area contributed by atoms with Crippen LogP contribution in [0.2, 0.25) is 0 Å². The highest BCUT2D eigenvalue weighted by atomic mass is 35.5. The highest BCUT2D eigenvalue weighted by Crippen LogP contribution is 2.25. The second kappa shape index (κ2) is 7.56. The molecule has 2 unspecified atom stereocenters. The molecule has 0 saturated heterocycles. The summed E-state index contributed by atoms with van der Waals surface area (Å²) in [6.45, 7) is 1.88. The summed E-state index contributed by atoms with van der Waals surface area (Å²) in [5.41, 5.74) is 7.44. The topological polar surface area (TPSA) is 68.0 Å².